The summed E-state index contributed by atoms with van der Waals surface area (Å²) in [7, 11) is 0. The van der Waals surface area contributed by atoms with E-state index in [-0.39, 0.29) is 0 Å². The highest BCUT2D eigenvalue weighted by Crippen LogP contribution is 2.34. The Balaban J connectivity index is 2.17. The Morgan fingerprint density at radius 1 is 1.57 bits per heavy atom. The molecule has 0 aromatic carbocycles. The fourth-order valence-corrected chi connectivity index (χ4v) is 2.85. The van der Waals surface area contributed by atoms with Gasteiger partial charge in [0.15, 0.2) is 0 Å². The molecule has 2 rings (SSSR count). The molecule has 0 amide bonds. The molecule has 1 saturated heterocycles. The van der Waals surface area contributed by atoms with Crippen LogP contribution in [0.2, 0.25) is 0 Å². The van der Waals surface area contributed by atoms with Crippen molar-refractivity contribution in [3.63, 3.8) is 0 Å². The molecule has 4 heteroatoms. The lowest BCUT2D eigenvalue weighted by Gasteiger charge is -2.20. The first kappa shape index (κ1) is 10.5. The van der Waals surface area contributed by atoms with E-state index in [1.807, 2.05) is 18.1 Å². The van der Waals surface area contributed by atoms with Crippen LogP contribution in [0.1, 0.15) is 24.6 Å². The van der Waals surface area contributed by atoms with Crippen LogP contribution in [-0.4, -0.2) is 22.1 Å². The first-order valence-corrected chi connectivity index (χ1v) is 6.71. The summed E-state index contributed by atoms with van der Waals surface area (Å²) in [6, 6.07) is 4.70. The van der Waals surface area contributed by atoms with E-state index in [1.165, 1.54) is 25.1 Å². The minimum absolute atomic E-state index is 0.512. The Labute approximate surface area is 97.4 Å². The van der Waals surface area contributed by atoms with Crippen molar-refractivity contribution >= 4 is 27.9 Å². The van der Waals surface area contributed by atoms with Gasteiger partial charge in [0.1, 0.15) is 0 Å². The molecule has 1 fully saturated rings. The molecule has 76 valence electrons. The van der Waals surface area contributed by atoms with Crippen molar-refractivity contribution in [2.24, 2.45) is 0 Å². The van der Waals surface area contributed by atoms with Gasteiger partial charge in [0.25, 0.3) is 0 Å². The van der Waals surface area contributed by atoms with Crippen molar-refractivity contribution in [3.05, 3.63) is 28.5 Å². The maximum absolute atomic E-state index is 4.46. The van der Waals surface area contributed by atoms with Gasteiger partial charge in [-0.3, -0.25) is 4.98 Å². The SMILES string of the molecule is CSN1CCCC1c1ccc(Br)cn1. The van der Waals surface area contributed by atoms with Crippen molar-refractivity contribution in [3.8, 4) is 0 Å². The van der Waals surface area contributed by atoms with E-state index >= 15 is 0 Å². The van der Waals surface area contributed by atoms with Crippen molar-refractivity contribution in [1.82, 2.24) is 9.29 Å². The predicted octanol–water partition coefficient (Wildman–Crippen LogP) is 3.26. The second-order valence-corrected chi connectivity index (χ2v) is 5.13. The molecule has 0 N–H and O–H groups in total. The van der Waals surface area contributed by atoms with Gasteiger partial charge in [-0.1, -0.05) is 11.9 Å². The average Bonchev–Trinajstić information content (AvgIpc) is 2.67. The Morgan fingerprint density at radius 2 is 2.43 bits per heavy atom. The quantitative estimate of drug-likeness (QED) is 0.769. The summed E-state index contributed by atoms with van der Waals surface area (Å²) in [5.41, 5.74) is 1.19. The first-order valence-electron chi connectivity index (χ1n) is 4.73. The maximum atomic E-state index is 4.46. The minimum Gasteiger partial charge on any atom is -0.258 e. The number of hydrogen-bond donors (Lipinski definition) is 0. The zero-order valence-electron chi connectivity index (χ0n) is 8.11. The molecule has 0 saturated carbocycles. The Morgan fingerprint density at radius 3 is 3.07 bits per heavy atom. The standard InChI is InChI=1S/C10H13BrN2S/c1-14-13-6-2-3-10(13)9-5-4-8(11)7-12-9/h4-5,7,10H,2-3,6H2,1H3. The van der Waals surface area contributed by atoms with Crippen LogP contribution >= 0.6 is 27.9 Å². The number of halogens is 1. The minimum atomic E-state index is 0.512. The van der Waals surface area contributed by atoms with E-state index in [2.05, 4.69) is 43.6 Å². The molecular weight excluding hydrogens is 260 g/mol. The number of rotatable bonds is 2. The fourth-order valence-electron chi connectivity index (χ4n) is 1.84. The van der Waals surface area contributed by atoms with E-state index in [0.29, 0.717) is 6.04 Å². The molecule has 1 atom stereocenters. The highest BCUT2D eigenvalue weighted by molar-refractivity contribution is 9.10. The van der Waals surface area contributed by atoms with Gasteiger partial charge in [-0.25, -0.2) is 4.31 Å². The van der Waals surface area contributed by atoms with Gasteiger partial charge in [-0.15, -0.1) is 0 Å². The monoisotopic (exact) mass is 272 g/mol. The van der Waals surface area contributed by atoms with Gasteiger partial charge >= 0.3 is 0 Å². The summed E-state index contributed by atoms with van der Waals surface area (Å²) in [4.78, 5) is 4.46. The van der Waals surface area contributed by atoms with Crippen LogP contribution in [0, 0.1) is 0 Å². The molecule has 0 radical (unpaired) electrons. The van der Waals surface area contributed by atoms with E-state index in [4.69, 9.17) is 0 Å². The second-order valence-electron chi connectivity index (χ2n) is 3.38. The Bertz CT molecular complexity index is 301. The van der Waals surface area contributed by atoms with E-state index in [0.717, 1.165) is 4.47 Å². The lowest BCUT2D eigenvalue weighted by molar-refractivity contribution is 0.444. The molecule has 0 aliphatic carbocycles. The summed E-state index contributed by atoms with van der Waals surface area (Å²) in [5, 5.41) is 0. The van der Waals surface area contributed by atoms with E-state index in [1.54, 1.807) is 0 Å². The number of hydrogen-bond acceptors (Lipinski definition) is 3. The second kappa shape index (κ2) is 4.64. The third-order valence-corrected chi connectivity index (χ3v) is 3.91. The van der Waals surface area contributed by atoms with Gasteiger partial charge in [-0.2, -0.15) is 0 Å². The van der Waals surface area contributed by atoms with Gasteiger partial charge in [0.2, 0.25) is 0 Å². The third kappa shape index (κ3) is 2.12. The molecule has 1 aliphatic heterocycles. The molecule has 1 unspecified atom stereocenters. The Kier molecular flexibility index (Phi) is 3.47. The predicted molar refractivity (Wildman–Crippen MR) is 64.1 cm³/mol. The van der Waals surface area contributed by atoms with Crippen LogP contribution in [0.25, 0.3) is 0 Å². The Hall–Kier alpha value is -0.0600. The maximum Gasteiger partial charge on any atom is 0.0624 e. The van der Waals surface area contributed by atoms with Gasteiger partial charge in [0, 0.05) is 17.2 Å². The molecular formula is C10H13BrN2S. The fraction of sp³-hybridized carbons (Fsp3) is 0.500. The average molecular weight is 273 g/mol. The highest BCUT2D eigenvalue weighted by Gasteiger charge is 2.26. The van der Waals surface area contributed by atoms with E-state index in [9.17, 15) is 0 Å². The van der Waals surface area contributed by atoms with Crippen LogP contribution in [0.4, 0.5) is 0 Å². The molecule has 1 aromatic heterocycles. The van der Waals surface area contributed by atoms with Crippen LogP contribution in [0.15, 0.2) is 22.8 Å². The number of aromatic nitrogens is 1. The number of nitrogens with zero attached hydrogens (tertiary/aromatic N) is 2. The van der Waals surface area contributed by atoms with Crippen molar-refractivity contribution < 1.29 is 0 Å². The molecule has 1 aliphatic rings. The van der Waals surface area contributed by atoms with E-state index < -0.39 is 0 Å². The zero-order chi connectivity index (χ0) is 9.97. The topological polar surface area (TPSA) is 16.1 Å². The van der Waals surface area contributed by atoms with Crippen LogP contribution in [0.3, 0.4) is 0 Å². The molecule has 1 aromatic rings. The lowest BCUT2D eigenvalue weighted by atomic mass is 10.1. The summed E-state index contributed by atoms with van der Waals surface area (Å²) in [5.74, 6) is 0. The van der Waals surface area contributed by atoms with Gasteiger partial charge < -0.3 is 0 Å². The number of pyridine rings is 1. The summed E-state index contributed by atoms with van der Waals surface area (Å²) >= 11 is 5.23. The van der Waals surface area contributed by atoms with Crippen molar-refractivity contribution in [1.29, 1.82) is 0 Å². The smallest absolute Gasteiger partial charge is 0.0624 e. The molecule has 0 bridgehead atoms. The summed E-state index contributed by atoms with van der Waals surface area (Å²) < 4.78 is 3.46. The normalized spacial score (nSPS) is 22.9. The highest BCUT2D eigenvalue weighted by atomic mass is 79.9. The van der Waals surface area contributed by atoms with Crippen molar-refractivity contribution in [2.45, 2.75) is 18.9 Å². The molecule has 2 heterocycles. The van der Waals surface area contributed by atoms with Gasteiger partial charge in [0.05, 0.1) is 11.7 Å². The summed E-state index contributed by atoms with van der Waals surface area (Å²) in [6.45, 7) is 1.18. The molecule has 2 nitrogen and oxygen atoms in total. The summed E-state index contributed by atoms with van der Waals surface area (Å²) in [6.07, 6.45) is 6.53. The van der Waals surface area contributed by atoms with Crippen LogP contribution in [-0.2, 0) is 0 Å². The molecule has 14 heavy (non-hydrogen) atoms. The zero-order valence-corrected chi connectivity index (χ0v) is 10.5. The first-order chi connectivity index (χ1) is 6.81. The lowest BCUT2D eigenvalue weighted by Crippen LogP contribution is -2.15. The van der Waals surface area contributed by atoms with Crippen LogP contribution in [0.5, 0.6) is 0 Å². The van der Waals surface area contributed by atoms with Crippen LogP contribution < -0.4 is 0 Å². The molecule has 0 spiro atoms. The third-order valence-electron chi connectivity index (χ3n) is 2.53. The van der Waals surface area contributed by atoms with Crippen molar-refractivity contribution in [2.75, 3.05) is 12.8 Å². The largest absolute Gasteiger partial charge is 0.258 e. The van der Waals surface area contributed by atoms with Gasteiger partial charge in [-0.05, 0) is 47.2 Å².